The number of aromatic nitrogens is 1. The Morgan fingerprint density at radius 3 is 3.17 bits per heavy atom. The van der Waals surface area contributed by atoms with Gasteiger partial charge in [-0.2, -0.15) is 0 Å². The van der Waals surface area contributed by atoms with Crippen LogP contribution in [0.15, 0.2) is 29.9 Å². The molecule has 0 aliphatic carbocycles. The van der Waals surface area contributed by atoms with Gasteiger partial charge in [0.15, 0.2) is 0 Å². The molecule has 0 fully saturated rings. The fraction of sp³-hybridized carbons (Fsp3) is 0.231. The largest absolute Gasteiger partial charge is 0.334 e. The molecule has 1 aliphatic heterocycles. The van der Waals surface area contributed by atoms with Gasteiger partial charge >= 0.3 is 0 Å². The van der Waals surface area contributed by atoms with E-state index in [0.717, 1.165) is 13.0 Å². The lowest BCUT2D eigenvalue weighted by Gasteiger charge is -2.27. The summed E-state index contributed by atoms with van der Waals surface area (Å²) >= 11 is 7.77. The van der Waals surface area contributed by atoms with Crippen LogP contribution in [0.3, 0.4) is 0 Å². The van der Waals surface area contributed by atoms with Gasteiger partial charge in [0, 0.05) is 30.4 Å². The molecule has 92 valence electrons. The number of amides is 1. The number of carbonyl (C=O) groups is 1. The predicted molar refractivity (Wildman–Crippen MR) is 72.0 cm³/mol. The van der Waals surface area contributed by atoms with Crippen LogP contribution in [0.1, 0.15) is 20.8 Å². The van der Waals surface area contributed by atoms with Crippen molar-refractivity contribution in [3.05, 3.63) is 50.9 Å². The van der Waals surface area contributed by atoms with Crippen molar-refractivity contribution in [3.63, 3.8) is 0 Å². The third-order valence-corrected chi connectivity index (χ3v) is 4.42. The zero-order valence-corrected chi connectivity index (χ0v) is 11.2. The number of fused-ring (bicyclic) bond motifs is 1. The first kappa shape index (κ1) is 11.7. The molecule has 0 N–H and O–H groups in total. The maximum atomic E-state index is 12.4. The van der Waals surface area contributed by atoms with Crippen LogP contribution < -0.4 is 0 Å². The molecule has 0 atom stereocenters. The highest BCUT2D eigenvalue weighted by molar-refractivity contribution is 7.10. The van der Waals surface area contributed by atoms with Gasteiger partial charge in [-0.3, -0.25) is 9.78 Å². The van der Waals surface area contributed by atoms with E-state index in [-0.39, 0.29) is 5.91 Å². The Kier molecular flexibility index (Phi) is 3.06. The zero-order valence-electron chi connectivity index (χ0n) is 9.60. The van der Waals surface area contributed by atoms with E-state index in [1.807, 2.05) is 4.90 Å². The van der Waals surface area contributed by atoms with Crippen LogP contribution in [-0.4, -0.2) is 22.3 Å². The van der Waals surface area contributed by atoms with Gasteiger partial charge in [0.25, 0.3) is 5.91 Å². The summed E-state index contributed by atoms with van der Waals surface area (Å²) in [5.41, 5.74) is 1.79. The maximum absolute atomic E-state index is 12.4. The average Bonchev–Trinajstić information content (AvgIpc) is 2.85. The van der Waals surface area contributed by atoms with Crippen molar-refractivity contribution in [2.75, 3.05) is 6.54 Å². The molecule has 5 heteroatoms. The van der Waals surface area contributed by atoms with E-state index < -0.39 is 0 Å². The summed E-state index contributed by atoms with van der Waals surface area (Å²) in [5, 5.41) is 2.50. The van der Waals surface area contributed by atoms with Gasteiger partial charge in [-0.05, 0) is 29.5 Å². The first-order chi connectivity index (χ1) is 8.75. The van der Waals surface area contributed by atoms with E-state index in [4.69, 9.17) is 11.6 Å². The fourth-order valence-electron chi connectivity index (χ4n) is 2.14. The predicted octanol–water partition coefficient (Wildman–Crippen LogP) is 3.00. The van der Waals surface area contributed by atoms with E-state index >= 15 is 0 Å². The van der Waals surface area contributed by atoms with E-state index in [1.54, 1.807) is 23.6 Å². The minimum atomic E-state index is -0.0146. The van der Waals surface area contributed by atoms with E-state index in [9.17, 15) is 4.79 Å². The number of hydrogen-bond donors (Lipinski definition) is 0. The van der Waals surface area contributed by atoms with Gasteiger partial charge in [-0.1, -0.05) is 11.6 Å². The van der Waals surface area contributed by atoms with Crippen molar-refractivity contribution < 1.29 is 4.79 Å². The molecule has 18 heavy (non-hydrogen) atoms. The molecule has 3 heterocycles. The number of hydrogen-bond acceptors (Lipinski definition) is 3. The third kappa shape index (κ3) is 2.02. The monoisotopic (exact) mass is 278 g/mol. The summed E-state index contributed by atoms with van der Waals surface area (Å²) in [5.74, 6) is -0.0146. The highest BCUT2D eigenvalue weighted by Gasteiger charge is 2.23. The second-order valence-corrected chi connectivity index (χ2v) is 5.61. The number of rotatable bonds is 1. The Morgan fingerprint density at radius 1 is 1.44 bits per heavy atom. The lowest BCUT2D eigenvalue weighted by atomic mass is 10.1. The lowest BCUT2D eigenvalue weighted by molar-refractivity contribution is 0.0736. The van der Waals surface area contributed by atoms with E-state index in [2.05, 4.69) is 16.4 Å². The normalized spacial score (nSPS) is 14.4. The number of nitrogens with zero attached hydrogens (tertiary/aromatic N) is 2. The molecule has 1 amide bonds. The maximum Gasteiger partial charge on any atom is 0.255 e. The minimum Gasteiger partial charge on any atom is -0.334 e. The summed E-state index contributed by atoms with van der Waals surface area (Å²) in [6, 6.07) is 3.77. The summed E-state index contributed by atoms with van der Waals surface area (Å²) in [4.78, 5) is 19.5. The number of carbonyl (C=O) groups excluding carboxylic acids is 1. The van der Waals surface area contributed by atoms with Crippen LogP contribution >= 0.6 is 22.9 Å². The Morgan fingerprint density at radius 2 is 2.33 bits per heavy atom. The Hall–Kier alpha value is -1.39. The summed E-state index contributed by atoms with van der Waals surface area (Å²) in [7, 11) is 0. The molecule has 0 saturated carbocycles. The molecular formula is C13H11ClN2OS. The summed E-state index contributed by atoms with van der Waals surface area (Å²) in [6.07, 6.45) is 4.04. The van der Waals surface area contributed by atoms with Gasteiger partial charge < -0.3 is 4.90 Å². The van der Waals surface area contributed by atoms with Crippen LogP contribution in [0.5, 0.6) is 0 Å². The van der Waals surface area contributed by atoms with Crippen molar-refractivity contribution in [2.45, 2.75) is 13.0 Å². The van der Waals surface area contributed by atoms with Crippen molar-refractivity contribution in [1.82, 2.24) is 9.88 Å². The second-order valence-electron chi connectivity index (χ2n) is 4.20. The smallest absolute Gasteiger partial charge is 0.255 e. The zero-order chi connectivity index (χ0) is 12.5. The second kappa shape index (κ2) is 4.71. The van der Waals surface area contributed by atoms with Crippen LogP contribution in [0.2, 0.25) is 5.02 Å². The van der Waals surface area contributed by atoms with Gasteiger partial charge in [-0.25, -0.2) is 0 Å². The summed E-state index contributed by atoms with van der Waals surface area (Å²) < 4.78 is 0. The molecule has 0 unspecified atom stereocenters. The highest BCUT2D eigenvalue weighted by Crippen LogP contribution is 2.26. The molecule has 3 nitrogen and oxygen atoms in total. The molecule has 0 aromatic carbocycles. The van der Waals surface area contributed by atoms with Gasteiger partial charge in [0.1, 0.15) is 0 Å². The number of pyridine rings is 1. The SMILES string of the molecule is O=C(c1ccncc1Cl)N1CCc2sccc2C1. The highest BCUT2D eigenvalue weighted by atomic mass is 35.5. The molecule has 1 aliphatic rings. The van der Waals surface area contributed by atoms with Gasteiger partial charge in [0.05, 0.1) is 10.6 Å². The molecule has 0 spiro atoms. The average molecular weight is 279 g/mol. The molecule has 0 saturated heterocycles. The Bertz CT molecular complexity index is 596. The van der Waals surface area contributed by atoms with E-state index in [1.165, 1.54) is 16.6 Å². The standard InChI is InChI=1S/C13H11ClN2OS/c14-11-7-15-4-1-10(11)13(17)16-5-2-12-9(8-16)3-6-18-12/h1,3-4,6-7H,2,5,8H2. The van der Waals surface area contributed by atoms with Crippen molar-refractivity contribution >= 4 is 28.8 Å². The van der Waals surface area contributed by atoms with E-state index in [0.29, 0.717) is 17.1 Å². The first-order valence-corrected chi connectivity index (χ1v) is 6.95. The first-order valence-electron chi connectivity index (χ1n) is 5.70. The quantitative estimate of drug-likeness (QED) is 0.803. The van der Waals surface area contributed by atoms with Crippen molar-refractivity contribution in [2.24, 2.45) is 0 Å². The molecule has 2 aromatic heterocycles. The molecule has 2 aromatic rings. The lowest BCUT2D eigenvalue weighted by Crippen LogP contribution is -2.35. The van der Waals surface area contributed by atoms with Crippen LogP contribution in [0.4, 0.5) is 0 Å². The van der Waals surface area contributed by atoms with Crippen molar-refractivity contribution in [3.8, 4) is 0 Å². The molecule has 0 radical (unpaired) electrons. The topological polar surface area (TPSA) is 33.2 Å². The minimum absolute atomic E-state index is 0.0146. The third-order valence-electron chi connectivity index (χ3n) is 3.10. The molecule has 3 rings (SSSR count). The van der Waals surface area contributed by atoms with Gasteiger partial charge in [-0.15, -0.1) is 11.3 Å². The van der Waals surface area contributed by atoms with Crippen molar-refractivity contribution in [1.29, 1.82) is 0 Å². The number of halogens is 1. The Labute approximate surface area is 114 Å². The summed E-state index contributed by atoms with van der Waals surface area (Å²) in [6.45, 7) is 1.43. The Balaban J connectivity index is 1.85. The van der Waals surface area contributed by atoms with Crippen LogP contribution in [-0.2, 0) is 13.0 Å². The fourth-order valence-corrected chi connectivity index (χ4v) is 3.23. The number of thiophene rings is 1. The van der Waals surface area contributed by atoms with Gasteiger partial charge in [0.2, 0.25) is 0 Å². The molecule has 0 bridgehead atoms. The molecular weight excluding hydrogens is 268 g/mol. The van der Waals surface area contributed by atoms with Crippen LogP contribution in [0.25, 0.3) is 0 Å². The van der Waals surface area contributed by atoms with Crippen LogP contribution in [0, 0.1) is 0 Å².